The maximum atomic E-state index is 5.72. The number of anilines is 1. The van der Waals surface area contributed by atoms with E-state index in [9.17, 15) is 0 Å². The summed E-state index contributed by atoms with van der Waals surface area (Å²) in [7, 11) is 0. The number of aromatic nitrogens is 1. The number of benzene rings is 1. The molecule has 1 fully saturated rings. The average Bonchev–Trinajstić information content (AvgIpc) is 2.88. The number of hydrogen-bond donors (Lipinski definition) is 2. The largest absolute Gasteiger partial charge is 0.424 e. The molecule has 19 heavy (non-hydrogen) atoms. The predicted molar refractivity (Wildman–Crippen MR) is 77.0 cm³/mol. The zero-order chi connectivity index (χ0) is 13.1. The van der Waals surface area contributed by atoms with Crippen LogP contribution < -0.4 is 11.1 Å². The third-order valence-electron chi connectivity index (χ3n) is 4.14. The lowest BCUT2D eigenvalue weighted by Gasteiger charge is -2.27. The van der Waals surface area contributed by atoms with E-state index in [1.54, 1.807) is 0 Å². The Morgan fingerprint density at radius 1 is 1.16 bits per heavy atom. The van der Waals surface area contributed by atoms with Crippen molar-refractivity contribution in [1.82, 2.24) is 4.98 Å². The molecule has 0 amide bonds. The molecule has 0 unspecified atom stereocenters. The number of nitrogens with two attached hydrogens (primary N) is 1. The zero-order valence-electron chi connectivity index (χ0n) is 11.1. The van der Waals surface area contributed by atoms with Crippen LogP contribution >= 0.6 is 0 Å². The van der Waals surface area contributed by atoms with E-state index in [1.165, 1.54) is 25.7 Å². The molecule has 1 aliphatic rings. The van der Waals surface area contributed by atoms with E-state index in [-0.39, 0.29) is 0 Å². The molecule has 0 radical (unpaired) electrons. The lowest BCUT2D eigenvalue weighted by atomic mass is 9.82. The summed E-state index contributed by atoms with van der Waals surface area (Å²) in [5.41, 5.74) is 7.47. The van der Waals surface area contributed by atoms with E-state index in [1.807, 2.05) is 24.3 Å². The highest BCUT2D eigenvalue weighted by Crippen LogP contribution is 2.28. The minimum atomic E-state index is 0.641. The minimum absolute atomic E-state index is 0.641. The molecule has 0 aliphatic heterocycles. The van der Waals surface area contributed by atoms with Gasteiger partial charge in [-0.25, -0.2) is 0 Å². The number of nitrogens with zero attached hydrogens (tertiary/aromatic N) is 1. The van der Waals surface area contributed by atoms with Gasteiger partial charge >= 0.3 is 0 Å². The molecule has 0 atom stereocenters. The van der Waals surface area contributed by atoms with Crippen LogP contribution in [0.25, 0.3) is 11.1 Å². The van der Waals surface area contributed by atoms with Crippen LogP contribution in [0, 0.1) is 11.8 Å². The van der Waals surface area contributed by atoms with Gasteiger partial charge in [0.15, 0.2) is 5.58 Å². The Morgan fingerprint density at radius 3 is 2.63 bits per heavy atom. The molecule has 0 spiro atoms. The van der Waals surface area contributed by atoms with Crippen LogP contribution in [0.3, 0.4) is 0 Å². The first kappa shape index (κ1) is 12.5. The highest BCUT2D eigenvalue weighted by Gasteiger charge is 2.20. The molecule has 4 heteroatoms. The SMILES string of the molecule is NC[C@H]1CC[C@H](CNc2nc3ccccc3o2)CC1. The second kappa shape index (κ2) is 5.61. The summed E-state index contributed by atoms with van der Waals surface area (Å²) < 4.78 is 5.66. The maximum absolute atomic E-state index is 5.72. The highest BCUT2D eigenvalue weighted by molar-refractivity contribution is 5.74. The Kier molecular flexibility index (Phi) is 3.69. The van der Waals surface area contributed by atoms with Crippen molar-refractivity contribution < 1.29 is 4.42 Å². The fraction of sp³-hybridized carbons (Fsp3) is 0.533. The molecule has 1 aliphatic carbocycles. The highest BCUT2D eigenvalue weighted by atomic mass is 16.4. The number of hydrogen-bond acceptors (Lipinski definition) is 4. The number of oxazole rings is 1. The van der Waals surface area contributed by atoms with Gasteiger partial charge in [0.25, 0.3) is 6.01 Å². The van der Waals surface area contributed by atoms with Gasteiger partial charge in [-0.05, 0) is 56.2 Å². The molecular formula is C15H21N3O. The molecule has 3 N–H and O–H groups in total. The summed E-state index contributed by atoms with van der Waals surface area (Å²) in [6.07, 6.45) is 5.04. The van der Waals surface area contributed by atoms with Crippen molar-refractivity contribution in [3.63, 3.8) is 0 Å². The van der Waals surface area contributed by atoms with Gasteiger partial charge in [0.2, 0.25) is 0 Å². The summed E-state index contributed by atoms with van der Waals surface area (Å²) in [5.74, 6) is 1.46. The van der Waals surface area contributed by atoms with Crippen molar-refractivity contribution in [2.24, 2.45) is 17.6 Å². The summed E-state index contributed by atoms with van der Waals surface area (Å²) in [6.45, 7) is 1.79. The van der Waals surface area contributed by atoms with Crippen LogP contribution in [-0.4, -0.2) is 18.1 Å². The Bertz CT molecular complexity index is 496. The van der Waals surface area contributed by atoms with Crippen molar-refractivity contribution in [2.75, 3.05) is 18.4 Å². The lowest BCUT2D eigenvalue weighted by molar-refractivity contribution is 0.288. The van der Waals surface area contributed by atoms with Crippen LogP contribution in [0.15, 0.2) is 28.7 Å². The predicted octanol–water partition coefficient (Wildman–Crippen LogP) is 3.00. The molecule has 0 bridgehead atoms. The second-order valence-corrected chi connectivity index (χ2v) is 5.49. The smallest absolute Gasteiger partial charge is 0.295 e. The third kappa shape index (κ3) is 2.89. The van der Waals surface area contributed by atoms with Crippen molar-refractivity contribution in [3.8, 4) is 0 Å². The molecule has 4 nitrogen and oxygen atoms in total. The van der Waals surface area contributed by atoms with Crippen LogP contribution in [0.2, 0.25) is 0 Å². The van der Waals surface area contributed by atoms with Crippen LogP contribution in [0.1, 0.15) is 25.7 Å². The number of rotatable bonds is 4. The van der Waals surface area contributed by atoms with E-state index in [2.05, 4.69) is 10.3 Å². The van der Waals surface area contributed by atoms with Crippen molar-refractivity contribution in [1.29, 1.82) is 0 Å². The Labute approximate surface area is 113 Å². The molecule has 102 valence electrons. The maximum Gasteiger partial charge on any atom is 0.295 e. The summed E-state index contributed by atoms with van der Waals surface area (Å²) in [5, 5.41) is 3.33. The quantitative estimate of drug-likeness (QED) is 0.886. The normalized spacial score (nSPS) is 23.6. The topological polar surface area (TPSA) is 64.1 Å². The Hall–Kier alpha value is -1.55. The van der Waals surface area contributed by atoms with Crippen molar-refractivity contribution in [3.05, 3.63) is 24.3 Å². The van der Waals surface area contributed by atoms with E-state index in [0.29, 0.717) is 6.01 Å². The van der Waals surface area contributed by atoms with Crippen LogP contribution in [0.4, 0.5) is 6.01 Å². The van der Waals surface area contributed by atoms with Gasteiger partial charge in [0, 0.05) is 6.54 Å². The fourth-order valence-corrected chi connectivity index (χ4v) is 2.85. The van der Waals surface area contributed by atoms with Gasteiger partial charge in [-0.3, -0.25) is 0 Å². The second-order valence-electron chi connectivity index (χ2n) is 5.49. The van der Waals surface area contributed by atoms with Gasteiger partial charge in [-0.1, -0.05) is 12.1 Å². The number of nitrogens with one attached hydrogen (secondary N) is 1. The molecule has 1 aromatic heterocycles. The van der Waals surface area contributed by atoms with Crippen LogP contribution in [0.5, 0.6) is 0 Å². The van der Waals surface area contributed by atoms with Gasteiger partial charge in [0.05, 0.1) is 0 Å². The van der Waals surface area contributed by atoms with Crippen LogP contribution in [-0.2, 0) is 0 Å². The van der Waals surface area contributed by atoms with Gasteiger partial charge < -0.3 is 15.5 Å². The molecule has 3 rings (SSSR count). The standard InChI is InChI=1S/C15H21N3O/c16-9-11-5-7-12(8-6-11)10-17-15-18-13-3-1-2-4-14(13)19-15/h1-4,11-12H,5-10,16H2,(H,17,18)/t11-,12-. The summed E-state index contributed by atoms with van der Waals surface area (Å²) >= 11 is 0. The molecule has 1 heterocycles. The lowest BCUT2D eigenvalue weighted by Crippen LogP contribution is -2.25. The van der Waals surface area contributed by atoms with E-state index >= 15 is 0 Å². The van der Waals surface area contributed by atoms with Gasteiger partial charge in [-0.15, -0.1) is 0 Å². The molecule has 0 saturated heterocycles. The van der Waals surface area contributed by atoms with E-state index in [0.717, 1.165) is 36.0 Å². The first-order chi connectivity index (χ1) is 9.35. The molecule has 1 saturated carbocycles. The average molecular weight is 259 g/mol. The monoisotopic (exact) mass is 259 g/mol. The van der Waals surface area contributed by atoms with E-state index < -0.39 is 0 Å². The minimum Gasteiger partial charge on any atom is -0.424 e. The van der Waals surface area contributed by atoms with Gasteiger partial charge in [0.1, 0.15) is 5.52 Å². The number of para-hydroxylation sites is 2. The first-order valence-corrected chi connectivity index (χ1v) is 7.14. The fourth-order valence-electron chi connectivity index (χ4n) is 2.85. The molecule has 2 aromatic rings. The third-order valence-corrected chi connectivity index (χ3v) is 4.14. The van der Waals surface area contributed by atoms with Gasteiger partial charge in [-0.2, -0.15) is 4.98 Å². The summed E-state index contributed by atoms with van der Waals surface area (Å²) in [6, 6.07) is 8.49. The Balaban J connectivity index is 1.55. The first-order valence-electron chi connectivity index (χ1n) is 7.14. The summed E-state index contributed by atoms with van der Waals surface area (Å²) in [4.78, 5) is 4.43. The molecular weight excluding hydrogens is 238 g/mol. The van der Waals surface area contributed by atoms with Crippen molar-refractivity contribution in [2.45, 2.75) is 25.7 Å². The molecule has 1 aromatic carbocycles. The van der Waals surface area contributed by atoms with E-state index in [4.69, 9.17) is 10.2 Å². The number of fused-ring (bicyclic) bond motifs is 1. The Morgan fingerprint density at radius 2 is 1.89 bits per heavy atom. The zero-order valence-corrected chi connectivity index (χ0v) is 11.1. The van der Waals surface area contributed by atoms with Crippen molar-refractivity contribution >= 4 is 17.1 Å².